The molecule has 0 atom stereocenters. The Bertz CT molecular complexity index is 690. The molecule has 0 fully saturated rings. The second kappa shape index (κ2) is 5.45. The number of hydrogen-bond acceptors (Lipinski definition) is 6. The summed E-state index contributed by atoms with van der Waals surface area (Å²) in [6, 6.07) is 4.72. The smallest absolute Gasteiger partial charge is 0.201 e. The number of anilines is 1. The van der Waals surface area contributed by atoms with E-state index in [1.165, 1.54) is 6.07 Å². The Hall–Kier alpha value is -2.47. The molecule has 1 aromatic rings. The van der Waals surface area contributed by atoms with E-state index in [2.05, 4.69) is 10.5 Å². The Morgan fingerprint density at radius 3 is 2.63 bits per heavy atom. The number of hydrogen-bond donors (Lipinski definition) is 3. The average molecular weight is 283 g/mol. The third-order valence-corrected chi connectivity index (χ3v) is 3.13. The van der Waals surface area contributed by atoms with Crippen molar-refractivity contribution in [1.82, 2.24) is 0 Å². The third-order valence-electron chi connectivity index (χ3n) is 2.02. The zero-order chi connectivity index (χ0) is 14.6. The highest BCUT2D eigenvalue weighted by molar-refractivity contribution is 7.90. The van der Waals surface area contributed by atoms with Gasteiger partial charge in [-0.05, 0) is 18.2 Å². The van der Waals surface area contributed by atoms with E-state index in [1.54, 1.807) is 6.07 Å². The first kappa shape index (κ1) is 14.6. The van der Waals surface area contributed by atoms with Crippen LogP contribution in [0.25, 0.3) is 0 Å². The lowest BCUT2D eigenvalue weighted by Gasteiger charge is -2.04. The molecule has 1 rings (SSSR count). The van der Waals surface area contributed by atoms with Crippen molar-refractivity contribution in [1.29, 1.82) is 10.7 Å². The Kier molecular flexibility index (Phi) is 4.18. The fourth-order valence-corrected chi connectivity index (χ4v) is 1.71. The van der Waals surface area contributed by atoms with E-state index in [9.17, 15) is 12.8 Å². The van der Waals surface area contributed by atoms with Crippen LogP contribution in [0, 0.1) is 22.6 Å². The lowest BCUT2D eigenvalue weighted by molar-refractivity contribution is 0.596. The number of sulfone groups is 1. The van der Waals surface area contributed by atoms with Gasteiger partial charge in [0.15, 0.2) is 15.7 Å². The van der Waals surface area contributed by atoms with Crippen LogP contribution in [-0.2, 0) is 9.84 Å². The molecule has 0 aliphatic rings. The molecule has 0 aliphatic carbocycles. The molecule has 1 aromatic carbocycles. The monoisotopic (exact) mass is 283 g/mol. The first-order valence-electron chi connectivity index (χ1n) is 4.83. The van der Waals surface area contributed by atoms with Crippen molar-refractivity contribution in [3.63, 3.8) is 0 Å². The highest BCUT2D eigenvalue weighted by Crippen LogP contribution is 2.18. The molecule has 7 nitrogen and oxygen atoms in total. The minimum Gasteiger partial charge on any atom is -0.382 e. The molecule has 100 valence electrons. The van der Waals surface area contributed by atoms with E-state index in [0.29, 0.717) is 0 Å². The van der Waals surface area contributed by atoms with Crippen LogP contribution in [0.2, 0.25) is 0 Å². The lowest BCUT2D eigenvalue weighted by Crippen LogP contribution is -2.22. The maximum Gasteiger partial charge on any atom is 0.201 e. The van der Waals surface area contributed by atoms with Crippen molar-refractivity contribution >= 4 is 27.1 Å². The van der Waals surface area contributed by atoms with Crippen LogP contribution in [0.4, 0.5) is 10.1 Å². The first-order chi connectivity index (χ1) is 8.75. The second-order valence-electron chi connectivity index (χ2n) is 3.51. The standard InChI is InChI=1S/C10H10FN5O2S/c1-19(17,18)6-2-3-8(7(11)4-6)15-16-9(5-12)10(13)14/h2-4,15H,1H3,(H3,13,14)/b16-9+. The molecular formula is C10H10FN5O2S. The molecule has 0 amide bonds. The molecule has 0 spiro atoms. The second-order valence-corrected chi connectivity index (χ2v) is 5.53. The average Bonchev–Trinajstić information content (AvgIpc) is 2.29. The number of benzene rings is 1. The summed E-state index contributed by atoms with van der Waals surface area (Å²) in [6.45, 7) is 0. The largest absolute Gasteiger partial charge is 0.382 e. The number of nitrogens with two attached hydrogens (primary N) is 1. The molecule has 4 N–H and O–H groups in total. The molecule has 0 bridgehead atoms. The van der Waals surface area contributed by atoms with Crippen LogP contribution in [-0.4, -0.2) is 26.2 Å². The molecule has 19 heavy (non-hydrogen) atoms. The fourth-order valence-electron chi connectivity index (χ4n) is 1.08. The van der Waals surface area contributed by atoms with Crippen molar-refractivity contribution in [2.45, 2.75) is 4.90 Å². The number of nitriles is 1. The molecule has 0 saturated heterocycles. The van der Waals surface area contributed by atoms with Gasteiger partial charge in [0, 0.05) is 6.26 Å². The number of nitrogens with zero attached hydrogens (tertiary/aromatic N) is 2. The van der Waals surface area contributed by atoms with E-state index in [-0.39, 0.29) is 10.6 Å². The minimum absolute atomic E-state index is 0.138. The van der Waals surface area contributed by atoms with Gasteiger partial charge in [-0.1, -0.05) is 0 Å². The van der Waals surface area contributed by atoms with E-state index < -0.39 is 27.2 Å². The molecule has 0 heterocycles. The maximum atomic E-state index is 13.6. The van der Waals surface area contributed by atoms with Crippen LogP contribution in [0.15, 0.2) is 28.2 Å². The van der Waals surface area contributed by atoms with E-state index >= 15 is 0 Å². The van der Waals surface area contributed by atoms with Gasteiger partial charge in [-0.2, -0.15) is 10.4 Å². The summed E-state index contributed by atoms with van der Waals surface area (Å²) < 4.78 is 36.0. The highest BCUT2D eigenvalue weighted by Gasteiger charge is 2.11. The maximum absolute atomic E-state index is 13.6. The quantitative estimate of drug-likeness (QED) is 0.419. The Morgan fingerprint density at radius 1 is 1.58 bits per heavy atom. The predicted molar refractivity (Wildman–Crippen MR) is 68.1 cm³/mol. The van der Waals surface area contributed by atoms with E-state index in [0.717, 1.165) is 18.4 Å². The van der Waals surface area contributed by atoms with Crippen molar-refractivity contribution in [3.05, 3.63) is 24.0 Å². The fraction of sp³-hybridized carbons (Fsp3) is 0.100. The molecule has 0 unspecified atom stereocenters. The molecule has 0 saturated carbocycles. The van der Waals surface area contributed by atoms with Crippen LogP contribution in [0.5, 0.6) is 0 Å². The summed E-state index contributed by atoms with van der Waals surface area (Å²) >= 11 is 0. The van der Waals surface area contributed by atoms with Crippen LogP contribution in [0.3, 0.4) is 0 Å². The van der Waals surface area contributed by atoms with Crippen molar-refractivity contribution in [3.8, 4) is 6.07 Å². The van der Waals surface area contributed by atoms with E-state index in [4.69, 9.17) is 16.4 Å². The van der Waals surface area contributed by atoms with Gasteiger partial charge in [-0.15, -0.1) is 0 Å². The summed E-state index contributed by atoms with van der Waals surface area (Å²) in [5.74, 6) is -1.42. The molecular weight excluding hydrogens is 273 g/mol. The van der Waals surface area contributed by atoms with Gasteiger partial charge in [-0.3, -0.25) is 10.8 Å². The molecule has 0 aliphatic heterocycles. The summed E-state index contributed by atoms with van der Waals surface area (Å²) in [7, 11) is -3.50. The topological polar surface area (TPSA) is 132 Å². The highest BCUT2D eigenvalue weighted by atomic mass is 32.2. The van der Waals surface area contributed by atoms with Crippen LogP contribution < -0.4 is 11.2 Å². The summed E-state index contributed by atoms with van der Waals surface area (Å²) in [5.41, 5.74) is 6.70. The molecule has 0 aromatic heterocycles. The SMILES string of the molecule is CS(=O)(=O)c1ccc(N/N=C(\C#N)C(=N)N)c(F)c1. The van der Waals surface area contributed by atoms with E-state index in [1.807, 2.05) is 0 Å². The van der Waals surface area contributed by atoms with Gasteiger partial charge in [0.1, 0.15) is 11.9 Å². The Balaban J connectivity index is 3.06. The number of halogens is 1. The van der Waals surface area contributed by atoms with Crippen LogP contribution >= 0.6 is 0 Å². The van der Waals surface area contributed by atoms with Gasteiger partial charge in [-0.25, -0.2) is 12.8 Å². The molecule has 0 radical (unpaired) electrons. The Labute approximate surface area is 109 Å². The number of rotatable bonds is 4. The summed E-state index contributed by atoms with van der Waals surface area (Å²) in [4.78, 5) is -0.174. The Morgan fingerprint density at radius 2 is 2.21 bits per heavy atom. The zero-order valence-corrected chi connectivity index (χ0v) is 10.6. The summed E-state index contributed by atoms with van der Waals surface area (Å²) in [6.07, 6.45) is 0.955. The van der Waals surface area contributed by atoms with Crippen molar-refractivity contribution in [2.75, 3.05) is 11.7 Å². The lowest BCUT2D eigenvalue weighted by atomic mass is 10.3. The zero-order valence-electron chi connectivity index (χ0n) is 9.81. The third kappa shape index (κ3) is 3.75. The number of hydrazone groups is 1. The number of amidine groups is 1. The predicted octanol–water partition coefficient (Wildman–Crippen LogP) is 0.457. The van der Waals surface area contributed by atoms with Crippen LogP contribution in [0.1, 0.15) is 0 Å². The van der Waals surface area contributed by atoms with Crippen molar-refractivity contribution < 1.29 is 12.8 Å². The van der Waals surface area contributed by atoms with Gasteiger partial charge < -0.3 is 5.73 Å². The van der Waals surface area contributed by atoms with Gasteiger partial charge in [0.05, 0.1) is 10.6 Å². The number of nitrogens with one attached hydrogen (secondary N) is 2. The normalized spacial score (nSPS) is 11.7. The molecule has 9 heteroatoms. The van der Waals surface area contributed by atoms with Gasteiger partial charge in [0.2, 0.25) is 5.71 Å². The van der Waals surface area contributed by atoms with Gasteiger partial charge in [0.25, 0.3) is 0 Å². The van der Waals surface area contributed by atoms with Crippen molar-refractivity contribution in [2.24, 2.45) is 10.8 Å². The van der Waals surface area contributed by atoms with Gasteiger partial charge >= 0.3 is 0 Å². The summed E-state index contributed by atoms with van der Waals surface area (Å²) in [5, 5.41) is 19.0. The minimum atomic E-state index is -3.50. The first-order valence-corrected chi connectivity index (χ1v) is 6.72.